The molecule has 0 unspecified atom stereocenters. The van der Waals surface area contributed by atoms with E-state index in [1.807, 2.05) is 13.0 Å². The fourth-order valence-corrected chi connectivity index (χ4v) is 3.13. The molecular formula is C16H19FIN3. The van der Waals surface area contributed by atoms with Gasteiger partial charge in [-0.2, -0.15) is 0 Å². The first-order chi connectivity index (χ1) is 10.0. The summed E-state index contributed by atoms with van der Waals surface area (Å²) in [5.74, 6) is 1.58. The summed E-state index contributed by atoms with van der Waals surface area (Å²) >= 11 is 2.27. The van der Waals surface area contributed by atoms with E-state index in [0.29, 0.717) is 23.7 Å². The van der Waals surface area contributed by atoms with Crippen molar-refractivity contribution in [3.8, 4) is 0 Å². The third kappa shape index (κ3) is 3.90. The minimum absolute atomic E-state index is 0.212. The summed E-state index contributed by atoms with van der Waals surface area (Å²) in [5, 5.41) is 3.26. The zero-order valence-electron chi connectivity index (χ0n) is 12.5. The maximum Gasteiger partial charge on any atom is 0.143 e. The molecule has 2 aromatic rings. The Labute approximate surface area is 138 Å². The van der Waals surface area contributed by atoms with Crippen LogP contribution in [0.2, 0.25) is 0 Å². The predicted octanol–water partition coefficient (Wildman–Crippen LogP) is 4.37. The number of halogens is 2. The monoisotopic (exact) mass is 399 g/mol. The Hall–Kier alpha value is -1.24. The highest BCUT2D eigenvalue weighted by molar-refractivity contribution is 14.1. The van der Waals surface area contributed by atoms with Gasteiger partial charge in [-0.3, -0.25) is 0 Å². The largest absolute Gasteiger partial charge is 0.369 e. The Morgan fingerprint density at radius 3 is 2.57 bits per heavy atom. The van der Waals surface area contributed by atoms with Crippen molar-refractivity contribution in [3.63, 3.8) is 0 Å². The third-order valence-corrected chi connectivity index (χ3v) is 4.18. The summed E-state index contributed by atoms with van der Waals surface area (Å²) in [5.41, 5.74) is 1.63. The first-order valence-corrected chi connectivity index (χ1v) is 8.14. The molecule has 2 rings (SSSR count). The van der Waals surface area contributed by atoms with Crippen molar-refractivity contribution in [1.29, 1.82) is 0 Å². The van der Waals surface area contributed by atoms with Gasteiger partial charge in [0.2, 0.25) is 0 Å². The summed E-state index contributed by atoms with van der Waals surface area (Å²) in [6.45, 7) is 7.04. The van der Waals surface area contributed by atoms with Gasteiger partial charge in [-0.1, -0.05) is 32.0 Å². The third-order valence-electron chi connectivity index (χ3n) is 3.12. The Balaban J connectivity index is 2.41. The first-order valence-electron chi connectivity index (χ1n) is 7.06. The highest BCUT2D eigenvalue weighted by atomic mass is 127. The van der Waals surface area contributed by atoms with Gasteiger partial charge in [0.05, 0.1) is 9.26 Å². The van der Waals surface area contributed by atoms with Gasteiger partial charge in [0.15, 0.2) is 0 Å². The molecule has 3 nitrogen and oxygen atoms in total. The lowest BCUT2D eigenvalue weighted by atomic mass is 10.1. The lowest BCUT2D eigenvalue weighted by molar-refractivity contribution is 0.611. The van der Waals surface area contributed by atoms with E-state index in [2.05, 4.69) is 51.7 Å². The van der Waals surface area contributed by atoms with Gasteiger partial charge in [-0.15, -0.1) is 0 Å². The van der Waals surface area contributed by atoms with Gasteiger partial charge >= 0.3 is 0 Å². The lowest BCUT2D eigenvalue weighted by Crippen LogP contribution is -2.11. The normalized spacial score (nSPS) is 11.0. The number of anilines is 1. The molecule has 0 saturated carbocycles. The molecule has 1 aromatic heterocycles. The van der Waals surface area contributed by atoms with E-state index in [9.17, 15) is 4.39 Å². The van der Waals surface area contributed by atoms with E-state index in [0.717, 1.165) is 21.6 Å². The highest BCUT2D eigenvalue weighted by Gasteiger charge is 2.15. The van der Waals surface area contributed by atoms with Crippen molar-refractivity contribution in [2.24, 2.45) is 0 Å². The molecule has 0 aliphatic heterocycles. The standard InChI is InChI=1S/C16H19FIN3/c1-4-19-16-14(18)15(10(2)3)20-13(21-16)9-11-7-5-6-8-12(11)17/h5-8,10H,4,9H2,1-3H3,(H,19,20,21). The van der Waals surface area contributed by atoms with Crippen molar-refractivity contribution < 1.29 is 4.39 Å². The first kappa shape index (κ1) is 16.1. The van der Waals surface area contributed by atoms with Crippen molar-refractivity contribution in [1.82, 2.24) is 9.97 Å². The van der Waals surface area contributed by atoms with Crippen LogP contribution in [0.4, 0.5) is 10.2 Å². The van der Waals surface area contributed by atoms with Crippen molar-refractivity contribution in [2.45, 2.75) is 33.1 Å². The number of hydrogen-bond donors (Lipinski definition) is 1. The second-order valence-corrected chi connectivity index (χ2v) is 6.22. The number of nitrogens with zero attached hydrogens (tertiary/aromatic N) is 2. The average Bonchev–Trinajstić information content (AvgIpc) is 2.44. The number of aromatic nitrogens is 2. The second-order valence-electron chi connectivity index (χ2n) is 5.14. The molecule has 0 aliphatic rings. The number of hydrogen-bond acceptors (Lipinski definition) is 3. The van der Waals surface area contributed by atoms with Gasteiger partial charge in [-0.05, 0) is 47.1 Å². The Morgan fingerprint density at radius 2 is 1.95 bits per heavy atom. The summed E-state index contributed by atoms with van der Waals surface area (Å²) in [7, 11) is 0. The molecule has 1 heterocycles. The molecule has 5 heteroatoms. The van der Waals surface area contributed by atoms with Gasteiger partial charge in [-0.25, -0.2) is 14.4 Å². The Kier molecular flexibility index (Phi) is 5.50. The summed E-state index contributed by atoms with van der Waals surface area (Å²) in [4.78, 5) is 9.17. The fraction of sp³-hybridized carbons (Fsp3) is 0.375. The van der Waals surface area contributed by atoms with Crippen LogP contribution in [-0.4, -0.2) is 16.5 Å². The molecule has 0 aliphatic carbocycles. The summed E-state index contributed by atoms with van der Waals surface area (Å²) < 4.78 is 14.8. The SMILES string of the molecule is CCNc1nc(Cc2ccccc2F)nc(C(C)C)c1I. The quantitative estimate of drug-likeness (QED) is 0.759. The molecule has 0 saturated heterocycles. The molecule has 112 valence electrons. The minimum Gasteiger partial charge on any atom is -0.369 e. The van der Waals surface area contributed by atoms with Crippen molar-refractivity contribution in [2.75, 3.05) is 11.9 Å². The van der Waals surface area contributed by atoms with Crippen LogP contribution in [0.1, 0.15) is 43.8 Å². The molecule has 0 radical (unpaired) electrons. The minimum atomic E-state index is -0.212. The molecular weight excluding hydrogens is 380 g/mol. The maximum absolute atomic E-state index is 13.8. The zero-order chi connectivity index (χ0) is 15.4. The van der Waals surface area contributed by atoms with E-state index in [-0.39, 0.29) is 5.82 Å². The summed E-state index contributed by atoms with van der Waals surface area (Å²) in [6, 6.07) is 6.77. The van der Waals surface area contributed by atoms with Crippen LogP contribution >= 0.6 is 22.6 Å². The summed E-state index contributed by atoms with van der Waals surface area (Å²) in [6.07, 6.45) is 0.404. The Morgan fingerprint density at radius 1 is 1.24 bits per heavy atom. The zero-order valence-corrected chi connectivity index (χ0v) is 14.6. The fourth-order valence-electron chi connectivity index (χ4n) is 2.07. The molecule has 0 fully saturated rings. The predicted molar refractivity (Wildman–Crippen MR) is 92.2 cm³/mol. The van der Waals surface area contributed by atoms with Gasteiger partial charge in [0, 0.05) is 13.0 Å². The van der Waals surface area contributed by atoms with Gasteiger partial charge in [0.1, 0.15) is 17.5 Å². The van der Waals surface area contributed by atoms with E-state index in [4.69, 9.17) is 0 Å². The number of rotatable bonds is 5. The van der Waals surface area contributed by atoms with Crippen molar-refractivity contribution >= 4 is 28.4 Å². The van der Waals surface area contributed by atoms with Crippen LogP contribution < -0.4 is 5.32 Å². The highest BCUT2D eigenvalue weighted by Crippen LogP contribution is 2.26. The van der Waals surface area contributed by atoms with Crippen LogP contribution in [0.25, 0.3) is 0 Å². The van der Waals surface area contributed by atoms with E-state index in [1.54, 1.807) is 12.1 Å². The van der Waals surface area contributed by atoms with Crippen LogP contribution in [0, 0.1) is 9.39 Å². The van der Waals surface area contributed by atoms with Crippen LogP contribution in [-0.2, 0) is 6.42 Å². The van der Waals surface area contributed by atoms with Crippen LogP contribution in [0.5, 0.6) is 0 Å². The van der Waals surface area contributed by atoms with Crippen molar-refractivity contribution in [3.05, 3.63) is 50.7 Å². The van der Waals surface area contributed by atoms with Gasteiger partial charge < -0.3 is 5.32 Å². The Bertz CT molecular complexity index is 629. The number of benzene rings is 1. The number of nitrogens with one attached hydrogen (secondary N) is 1. The van der Waals surface area contributed by atoms with Crippen LogP contribution in [0.3, 0.4) is 0 Å². The van der Waals surface area contributed by atoms with E-state index < -0.39 is 0 Å². The molecule has 21 heavy (non-hydrogen) atoms. The average molecular weight is 399 g/mol. The van der Waals surface area contributed by atoms with E-state index in [1.165, 1.54) is 6.07 Å². The molecule has 0 amide bonds. The smallest absolute Gasteiger partial charge is 0.143 e. The molecule has 0 spiro atoms. The molecule has 0 atom stereocenters. The van der Waals surface area contributed by atoms with Crippen LogP contribution in [0.15, 0.2) is 24.3 Å². The topological polar surface area (TPSA) is 37.8 Å². The lowest BCUT2D eigenvalue weighted by Gasteiger charge is -2.14. The second kappa shape index (κ2) is 7.15. The molecule has 0 bridgehead atoms. The molecule has 1 N–H and O–H groups in total. The van der Waals surface area contributed by atoms with E-state index >= 15 is 0 Å². The molecule has 1 aromatic carbocycles. The maximum atomic E-state index is 13.8. The van der Waals surface area contributed by atoms with Gasteiger partial charge in [0.25, 0.3) is 0 Å².